The van der Waals surface area contributed by atoms with Gasteiger partial charge in [-0.1, -0.05) is 36.4 Å². The number of benzene rings is 3. The molecular weight excluding hydrogens is 423 g/mol. The van der Waals surface area contributed by atoms with Crippen molar-refractivity contribution in [3.8, 4) is 0 Å². The lowest BCUT2D eigenvalue weighted by atomic mass is 9.79. The fourth-order valence-corrected chi connectivity index (χ4v) is 5.28. The molecule has 3 aromatic rings. The van der Waals surface area contributed by atoms with Gasteiger partial charge in [0, 0.05) is 24.1 Å². The molecule has 0 saturated carbocycles. The number of fused-ring (bicyclic) bond motifs is 5. The molecular formula is C23H18F3N3OS. The van der Waals surface area contributed by atoms with Crippen molar-refractivity contribution in [2.24, 2.45) is 14.6 Å². The van der Waals surface area contributed by atoms with Gasteiger partial charge < -0.3 is 4.79 Å². The van der Waals surface area contributed by atoms with E-state index in [1.165, 1.54) is 11.9 Å². The van der Waals surface area contributed by atoms with Crippen LogP contribution in [0.2, 0.25) is 0 Å². The average molecular weight is 441 g/mol. The zero-order valence-electron chi connectivity index (χ0n) is 16.4. The van der Waals surface area contributed by atoms with E-state index in [4.69, 9.17) is 0 Å². The summed E-state index contributed by atoms with van der Waals surface area (Å²) in [6.07, 6.45) is -2.01. The lowest BCUT2D eigenvalue weighted by Crippen LogP contribution is -2.27. The summed E-state index contributed by atoms with van der Waals surface area (Å²) < 4.78 is 41.9. The highest BCUT2D eigenvalue weighted by molar-refractivity contribution is 7.98. The highest BCUT2D eigenvalue weighted by Crippen LogP contribution is 2.44. The van der Waals surface area contributed by atoms with Crippen molar-refractivity contribution in [1.82, 2.24) is 0 Å². The quantitative estimate of drug-likeness (QED) is 0.285. The first kappa shape index (κ1) is 20.2. The highest BCUT2D eigenvalue weighted by atomic mass is 32.2. The van der Waals surface area contributed by atoms with Gasteiger partial charge in [0.25, 0.3) is 0 Å². The third-order valence-electron chi connectivity index (χ3n) is 5.99. The number of halogens is 3. The molecule has 158 valence electrons. The van der Waals surface area contributed by atoms with Crippen LogP contribution in [0.25, 0.3) is 21.5 Å². The van der Waals surface area contributed by atoms with Crippen molar-refractivity contribution < 1.29 is 18.0 Å². The van der Waals surface area contributed by atoms with Crippen LogP contribution in [0, 0.1) is 0 Å². The molecule has 1 unspecified atom stereocenters. The van der Waals surface area contributed by atoms with E-state index in [1.807, 2.05) is 42.5 Å². The Hall–Kier alpha value is -2.74. The maximum absolute atomic E-state index is 12.6. The van der Waals surface area contributed by atoms with Crippen molar-refractivity contribution in [3.05, 3.63) is 59.2 Å². The molecule has 0 N–H and O–H groups in total. The van der Waals surface area contributed by atoms with Crippen molar-refractivity contribution in [2.45, 2.75) is 31.0 Å². The molecule has 1 atom stereocenters. The second-order valence-corrected chi connectivity index (χ2v) is 8.65. The number of nitrogens with zero attached hydrogens (tertiary/aromatic N) is 3. The van der Waals surface area contributed by atoms with Crippen LogP contribution in [0.4, 0.5) is 13.2 Å². The summed E-state index contributed by atoms with van der Waals surface area (Å²) >= 11 is 1.26. The number of carbonyl (C=O) groups excluding carboxylic acids is 1. The Balaban J connectivity index is 1.73. The van der Waals surface area contributed by atoms with Gasteiger partial charge in [0.1, 0.15) is 6.54 Å². The lowest BCUT2D eigenvalue weighted by molar-refractivity contribution is -0.118. The van der Waals surface area contributed by atoms with E-state index in [-0.39, 0.29) is 0 Å². The summed E-state index contributed by atoms with van der Waals surface area (Å²) in [6, 6.07) is 14.0. The Labute approximate surface area is 180 Å². The van der Waals surface area contributed by atoms with E-state index in [1.54, 1.807) is 0 Å². The van der Waals surface area contributed by atoms with Crippen LogP contribution in [-0.4, -0.2) is 30.5 Å². The molecule has 8 heteroatoms. The van der Waals surface area contributed by atoms with Gasteiger partial charge in [0.05, 0.1) is 5.75 Å². The minimum atomic E-state index is -4.30. The molecule has 0 amide bonds. The van der Waals surface area contributed by atoms with Gasteiger partial charge in [0.2, 0.25) is 0 Å². The first-order valence-electron chi connectivity index (χ1n) is 9.96. The largest absolute Gasteiger partial charge is 0.407 e. The van der Waals surface area contributed by atoms with Gasteiger partial charge in [-0.15, -0.1) is 4.52 Å². The Bertz CT molecular complexity index is 1270. The van der Waals surface area contributed by atoms with E-state index in [0.717, 1.165) is 44.5 Å². The second-order valence-electron chi connectivity index (χ2n) is 7.94. The summed E-state index contributed by atoms with van der Waals surface area (Å²) in [6.45, 7) is -1.15. The fraction of sp³-hybridized carbons (Fsp3) is 0.304. The van der Waals surface area contributed by atoms with Gasteiger partial charge >= 0.3 is 6.18 Å². The third kappa shape index (κ3) is 3.52. The summed E-state index contributed by atoms with van der Waals surface area (Å²) in [4.78, 5) is 16.0. The van der Waals surface area contributed by atoms with Crippen molar-refractivity contribution in [2.75, 3.05) is 12.3 Å². The molecule has 31 heavy (non-hydrogen) atoms. The predicted octanol–water partition coefficient (Wildman–Crippen LogP) is 5.99. The molecule has 2 aliphatic rings. The molecule has 1 heterocycles. The molecule has 1 aliphatic carbocycles. The molecule has 5 rings (SSSR count). The zero-order valence-corrected chi connectivity index (χ0v) is 17.3. The standard InChI is InChI=1S/C23H18F3N3OS/c24-23(25,26)11-27-16-6-8-18-15(9-16)5-7-19-17-4-2-1-3-14(17)10-20(21(18)19)22(12-30)13-31-29-28-22/h1-5,7,10,12H,6,8-9,11,13H2. The summed E-state index contributed by atoms with van der Waals surface area (Å²) in [7, 11) is 0. The van der Waals surface area contributed by atoms with Gasteiger partial charge in [0.15, 0.2) is 11.8 Å². The van der Waals surface area contributed by atoms with E-state index >= 15 is 0 Å². The molecule has 1 aliphatic heterocycles. The predicted molar refractivity (Wildman–Crippen MR) is 117 cm³/mol. The molecule has 0 aromatic heterocycles. The van der Waals surface area contributed by atoms with Crippen LogP contribution < -0.4 is 0 Å². The molecule has 0 saturated heterocycles. The number of hydrogen-bond donors (Lipinski definition) is 0. The van der Waals surface area contributed by atoms with E-state index in [9.17, 15) is 18.0 Å². The van der Waals surface area contributed by atoms with Crippen LogP contribution in [0.15, 0.2) is 57.1 Å². The Kier molecular flexibility index (Phi) is 4.84. The Morgan fingerprint density at radius 1 is 1.13 bits per heavy atom. The normalized spacial score (nSPS) is 22.4. The first-order valence-corrected chi connectivity index (χ1v) is 10.9. The van der Waals surface area contributed by atoms with Crippen LogP contribution in [0.3, 0.4) is 0 Å². The van der Waals surface area contributed by atoms with Gasteiger partial charge in [-0.05, 0) is 57.1 Å². The number of rotatable bonds is 3. The molecule has 3 aromatic carbocycles. The van der Waals surface area contributed by atoms with Crippen molar-refractivity contribution in [3.63, 3.8) is 0 Å². The number of aldehydes is 1. The second kappa shape index (κ2) is 7.44. The van der Waals surface area contributed by atoms with Crippen LogP contribution >= 0.6 is 11.9 Å². The zero-order chi connectivity index (χ0) is 21.6. The smallest absolute Gasteiger partial charge is 0.300 e. The van der Waals surface area contributed by atoms with Crippen molar-refractivity contribution in [1.29, 1.82) is 0 Å². The average Bonchev–Trinajstić information content (AvgIpc) is 3.26. The Morgan fingerprint density at radius 2 is 1.97 bits per heavy atom. The number of hydrogen-bond acceptors (Lipinski definition) is 5. The molecule has 0 radical (unpaired) electrons. The lowest BCUT2D eigenvalue weighted by Gasteiger charge is -2.26. The number of aliphatic imine (C=N–C) groups is 1. The first-order chi connectivity index (χ1) is 14.9. The minimum absolute atomic E-state index is 0.387. The molecule has 4 nitrogen and oxygen atoms in total. The summed E-state index contributed by atoms with van der Waals surface area (Å²) in [5.41, 5.74) is 2.36. The summed E-state index contributed by atoms with van der Waals surface area (Å²) in [5, 5.41) is 8.39. The van der Waals surface area contributed by atoms with Crippen LogP contribution in [0.5, 0.6) is 0 Å². The fourth-order valence-electron chi connectivity index (χ4n) is 4.54. The van der Waals surface area contributed by atoms with Gasteiger partial charge in [-0.25, -0.2) is 0 Å². The molecule has 0 fully saturated rings. The molecule has 0 bridgehead atoms. The highest BCUT2D eigenvalue weighted by Gasteiger charge is 2.39. The monoisotopic (exact) mass is 441 g/mol. The van der Waals surface area contributed by atoms with Gasteiger partial charge in [-0.2, -0.15) is 18.3 Å². The molecule has 0 spiro atoms. The summed E-state index contributed by atoms with van der Waals surface area (Å²) in [5.74, 6) is 0.436. The number of alkyl halides is 3. The van der Waals surface area contributed by atoms with E-state index in [2.05, 4.69) is 14.6 Å². The van der Waals surface area contributed by atoms with Crippen LogP contribution in [0.1, 0.15) is 23.1 Å². The maximum Gasteiger partial charge on any atom is 0.407 e. The Morgan fingerprint density at radius 3 is 2.71 bits per heavy atom. The third-order valence-corrected chi connectivity index (χ3v) is 6.76. The maximum atomic E-state index is 12.6. The van der Waals surface area contributed by atoms with Crippen molar-refractivity contribution >= 4 is 45.5 Å². The van der Waals surface area contributed by atoms with E-state index in [0.29, 0.717) is 30.7 Å². The number of carbonyl (C=O) groups is 1. The topological polar surface area (TPSA) is 54.1 Å². The minimum Gasteiger partial charge on any atom is -0.300 e. The van der Waals surface area contributed by atoms with E-state index < -0.39 is 18.3 Å². The van der Waals surface area contributed by atoms with Crippen LogP contribution in [-0.2, 0) is 23.2 Å². The SMILES string of the molecule is O=CC1(c2cc3ccccc3c3ccc4c(c23)CCC(=NCC(F)(F)F)C4)CSN=N1. The van der Waals surface area contributed by atoms with Gasteiger partial charge in [-0.3, -0.25) is 4.99 Å². The number of aryl methyl sites for hydroxylation is 1.